The van der Waals surface area contributed by atoms with Gasteiger partial charge in [0.2, 0.25) is 0 Å². The normalized spacial score (nSPS) is 23.0. The van der Waals surface area contributed by atoms with Crippen molar-refractivity contribution in [3.63, 3.8) is 0 Å². The number of likely N-dealkylation sites (N-methyl/N-ethyl adjacent to an activating group) is 1. The van der Waals surface area contributed by atoms with Crippen LogP contribution in [0.5, 0.6) is 0 Å². The van der Waals surface area contributed by atoms with E-state index in [9.17, 15) is 9.59 Å². The lowest BCUT2D eigenvalue weighted by Gasteiger charge is -2.36. The lowest BCUT2D eigenvalue weighted by atomic mass is 10.1. The molecule has 0 aliphatic carbocycles. The van der Waals surface area contributed by atoms with Crippen LogP contribution in [0.3, 0.4) is 0 Å². The molecule has 2 aliphatic heterocycles. The van der Waals surface area contributed by atoms with E-state index >= 15 is 0 Å². The summed E-state index contributed by atoms with van der Waals surface area (Å²) in [5.41, 5.74) is 0.926. The van der Waals surface area contributed by atoms with E-state index in [0.29, 0.717) is 17.5 Å². The van der Waals surface area contributed by atoms with Crippen LogP contribution >= 0.6 is 23.4 Å². The van der Waals surface area contributed by atoms with Gasteiger partial charge in [0.05, 0.1) is 0 Å². The first-order chi connectivity index (χ1) is 11.9. The van der Waals surface area contributed by atoms with Crippen molar-refractivity contribution in [3.05, 3.63) is 34.9 Å². The molecule has 25 heavy (non-hydrogen) atoms. The van der Waals surface area contributed by atoms with Crippen LogP contribution in [0.15, 0.2) is 29.3 Å². The molecule has 0 radical (unpaired) electrons. The summed E-state index contributed by atoms with van der Waals surface area (Å²) in [7, 11) is 1.66. The molecule has 2 aliphatic rings. The van der Waals surface area contributed by atoms with Gasteiger partial charge in [0.25, 0.3) is 5.91 Å². The highest BCUT2D eigenvalue weighted by Gasteiger charge is 2.48. The largest absolute Gasteiger partial charge is 0.331 e. The van der Waals surface area contributed by atoms with E-state index < -0.39 is 18.2 Å². The van der Waals surface area contributed by atoms with Crippen LogP contribution in [0.1, 0.15) is 19.4 Å². The molecule has 2 atom stereocenters. The van der Waals surface area contributed by atoms with Gasteiger partial charge >= 0.3 is 6.03 Å². The van der Waals surface area contributed by atoms with Crippen molar-refractivity contribution >= 4 is 40.5 Å². The maximum Gasteiger partial charge on any atom is 0.325 e. The number of nitrogens with zero attached hydrogens (tertiary/aromatic N) is 3. The summed E-state index contributed by atoms with van der Waals surface area (Å²) in [6.07, 6.45) is -0.501. The summed E-state index contributed by atoms with van der Waals surface area (Å²) in [6.45, 7) is 4.74. The van der Waals surface area contributed by atoms with Crippen molar-refractivity contribution in [1.29, 1.82) is 0 Å². The van der Waals surface area contributed by atoms with E-state index in [-0.39, 0.29) is 5.91 Å². The fraction of sp³-hybridized carbons (Fsp3) is 0.471. The number of imide groups is 1. The van der Waals surface area contributed by atoms with E-state index in [4.69, 9.17) is 11.6 Å². The second-order valence-electron chi connectivity index (χ2n) is 6.60. The second kappa shape index (κ2) is 7.25. The number of nitrogens with one attached hydrogen (secondary N) is 1. The predicted molar refractivity (Wildman–Crippen MR) is 101 cm³/mol. The molecule has 0 spiro atoms. The fourth-order valence-corrected chi connectivity index (χ4v) is 4.04. The summed E-state index contributed by atoms with van der Waals surface area (Å²) in [6, 6.07) is 6.62. The molecule has 1 aromatic rings. The molecule has 1 saturated heterocycles. The number of benzene rings is 1. The molecule has 1 N–H and O–H groups in total. The van der Waals surface area contributed by atoms with Crippen LogP contribution in [0, 0.1) is 5.92 Å². The molecule has 1 fully saturated rings. The topological polar surface area (TPSA) is 65.0 Å². The summed E-state index contributed by atoms with van der Waals surface area (Å²) >= 11 is 7.91. The molecule has 3 amide bonds. The van der Waals surface area contributed by atoms with E-state index in [2.05, 4.69) is 24.2 Å². The van der Waals surface area contributed by atoms with Crippen LogP contribution in [0.25, 0.3) is 0 Å². The molecular formula is C17H21ClN4O2S. The Morgan fingerprint density at radius 2 is 2.04 bits per heavy atom. The third kappa shape index (κ3) is 3.62. The van der Waals surface area contributed by atoms with Crippen LogP contribution in [-0.4, -0.2) is 51.9 Å². The number of thioether (sulfide) groups is 1. The maximum atomic E-state index is 12.5. The van der Waals surface area contributed by atoms with Crippen molar-refractivity contribution in [1.82, 2.24) is 15.1 Å². The highest BCUT2D eigenvalue weighted by molar-refractivity contribution is 8.13. The number of amidine groups is 1. The molecule has 0 saturated carbocycles. The van der Waals surface area contributed by atoms with Crippen LogP contribution in [-0.2, 0) is 11.3 Å². The van der Waals surface area contributed by atoms with Gasteiger partial charge < -0.3 is 9.80 Å². The number of hydrogen-bond acceptors (Lipinski definition) is 5. The second-order valence-corrected chi connectivity index (χ2v) is 7.99. The van der Waals surface area contributed by atoms with Gasteiger partial charge in [-0.3, -0.25) is 10.1 Å². The molecule has 6 nitrogen and oxygen atoms in total. The zero-order valence-electron chi connectivity index (χ0n) is 14.4. The molecule has 2 heterocycles. The number of rotatable bonds is 4. The number of hydrogen-bond donors (Lipinski definition) is 1. The van der Waals surface area contributed by atoms with Gasteiger partial charge in [-0.15, -0.1) is 0 Å². The molecule has 134 valence electrons. The summed E-state index contributed by atoms with van der Waals surface area (Å²) < 4.78 is 0. The van der Waals surface area contributed by atoms with Gasteiger partial charge in [-0.25, -0.2) is 9.79 Å². The Balaban J connectivity index is 1.91. The van der Waals surface area contributed by atoms with Gasteiger partial charge in [0.1, 0.15) is 0 Å². The fourth-order valence-electron chi connectivity index (χ4n) is 2.84. The molecule has 1 aromatic carbocycles. The number of amides is 3. The highest BCUT2D eigenvalue weighted by atomic mass is 35.5. The van der Waals surface area contributed by atoms with Crippen molar-refractivity contribution in [2.75, 3.05) is 12.8 Å². The summed E-state index contributed by atoms with van der Waals surface area (Å²) in [4.78, 5) is 32.5. The lowest BCUT2D eigenvalue weighted by molar-refractivity contribution is -0.127. The Morgan fingerprint density at radius 1 is 1.32 bits per heavy atom. The van der Waals surface area contributed by atoms with E-state index in [1.54, 1.807) is 18.8 Å². The van der Waals surface area contributed by atoms with Crippen LogP contribution in [0.4, 0.5) is 4.79 Å². The van der Waals surface area contributed by atoms with Crippen LogP contribution in [0.2, 0.25) is 5.02 Å². The van der Waals surface area contributed by atoms with Gasteiger partial charge in [0, 0.05) is 24.4 Å². The first kappa shape index (κ1) is 18.1. The molecule has 3 rings (SSSR count). The van der Waals surface area contributed by atoms with E-state index in [1.165, 1.54) is 4.90 Å². The van der Waals surface area contributed by atoms with Crippen LogP contribution < -0.4 is 5.32 Å². The summed E-state index contributed by atoms with van der Waals surface area (Å²) in [5, 5.41) is 3.84. The smallest absolute Gasteiger partial charge is 0.325 e. The minimum Gasteiger partial charge on any atom is -0.331 e. The quantitative estimate of drug-likeness (QED) is 0.872. The molecule has 8 heteroatoms. The predicted octanol–water partition coefficient (Wildman–Crippen LogP) is 2.78. The molecular weight excluding hydrogens is 360 g/mol. The number of aliphatic imine (C=N–C) groups is 1. The van der Waals surface area contributed by atoms with Crippen molar-refractivity contribution in [3.8, 4) is 0 Å². The lowest BCUT2D eigenvalue weighted by Crippen LogP contribution is -2.63. The van der Waals surface area contributed by atoms with Crippen molar-refractivity contribution in [2.45, 2.75) is 32.6 Å². The van der Waals surface area contributed by atoms with Crippen molar-refractivity contribution < 1.29 is 9.59 Å². The van der Waals surface area contributed by atoms with Crippen molar-refractivity contribution in [2.24, 2.45) is 10.9 Å². The first-order valence-corrected chi connectivity index (χ1v) is 9.53. The Bertz CT molecular complexity index is 724. The number of fused-ring (bicyclic) bond motifs is 1. The van der Waals surface area contributed by atoms with Gasteiger partial charge in [-0.05, 0) is 17.5 Å². The van der Waals surface area contributed by atoms with Gasteiger partial charge in [0.15, 0.2) is 17.4 Å². The zero-order valence-corrected chi connectivity index (χ0v) is 16.0. The van der Waals surface area contributed by atoms with E-state index in [0.717, 1.165) is 16.5 Å². The minimum absolute atomic E-state index is 0.316. The number of halogens is 1. The minimum atomic E-state index is -0.534. The zero-order chi connectivity index (χ0) is 18.1. The Kier molecular flexibility index (Phi) is 5.24. The third-order valence-electron chi connectivity index (χ3n) is 4.17. The highest BCUT2D eigenvalue weighted by Crippen LogP contribution is 2.31. The van der Waals surface area contributed by atoms with E-state index in [1.807, 2.05) is 29.2 Å². The maximum absolute atomic E-state index is 12.5. The standard InChI is InChI=1S/C17H21ClN4O2S/c1-10(2)9-25-17-19-14-13(15(23)20-16(24)21(14)3)22(17)8-11-6-4-5-7-12(11)18/h4-7,10,13-14H,8-9H2,1-3H3,(H,20,23,24). The number of carbonyl (C=O) groups excluding carboxylic acids is 2. The monoisotopic (exact) mass is 380 g/mol. The third-order valence-corrected chi connectivity index (χ3v) is 5.97. The summed E-state index contributed by atoms with van der Waals surface area (Å²) in [5.74, 6) is 1.06. The van der Waals surface area contributed by atoms with Gasteiger partial charge in [-0.1, -0.05) is 55.4 Å². The molecule has 2 unspecified atom stereocenters. The molecule has 0 bridgehead atoms. The molecule has 0 aromatic heterocycles. The van der Waals surface area contributed by atoms with Gasteiger partial charge in [-0.2, -0.15) is 0 Å². The first-order valence-electron chi connectivity index (χ1n) is 8.16. The number of urea groups is 1. The average Bonchev–Trinajstić information content (AvgIpc) is 2.92. The average molecular weight is 381 g/mol. The Labute approximate surface area is 156 Å². The SMILES string of the molecule is CC(C)CSC1=NC2C(C(=O)NC(=O)N2C)N1Cc1ccccc1Cl. The Hall–Kier alpha value is -1.73. The Morgan fingerprint density at radius 3 is 2.72 bits per heavy atom. The number of carbonyl (C=O) groups is 2.